The molecule has 0 aliphatic rings. The molecular formula is C14H19BrO2. The van der Waals surface area contributed by atoms with Gasteiger partial charge in [0.25, 0.3) is 0 Å². The van der Waals surface area contributed by atoms with E-state index in [-0.39, 0.29) is 16.0 Å². The van der Waals surface area contributed by atoms with Crippen LogP contribution in [0, 0.1) is 0 Å². The summed E-state index contributed by atoms with van der Waals surface area (Å²) in [5.74, 6) is 0.824. The average Bonchev–Trinajstić information content (AvgIpc) is 2.25. The van der Waals surface area contributed by atoms with Gasteiger partial charge < -0.3 is 4.74 Å². The third-order valence-corrected chi connectivity index (χ3v) is 3.86. The van der Waals surface area contributed by atoms with Crippen molar-refractivity contribution in [2.75, 3.05) is 7.11 Å². The molecule has 3 heteroatoms. The first-order valence-corrected chi connectivity index (χ1v) is 6.52. The molecule has 0 radical (unpaired) electrons. The van der Waals surface area contributed by atoms with E-state index in [0.29, 0.717) is 0 Å². The number of halogens is 1. The maximum Gasteiger partial charge on any atom is 0.147 e. The maximum atomic E-state index is 11.5. The van der Waals surface area contributed by atoms with Crippen molar-refractivity contribution in [3.05, 3.63) is 29.3 Å². The van der Waals surface area contributed by atoms with Crippen molar-refractivity contribution >= 4 is 21.7 Å². The fraction of sp³-hybridized carbons (Fsp3) is 0.500. The quantitative estimate of drug-likeness (QED) is 0.788. The molecule has 0 heterocycles. The highest BCUT2D eigenvalue weighted by atomic mass is 79.9. The predicted octanol–water partition coefficient (Wildman–Crippen LogP) is 4.02. The highest BCUT2D eigenvalue weighted by Crippen LogP contribution is 2.35. The van der Waals surface area contributed by atoms with Crippen LogP contribution in [0.5, 0.6) is 5.75 Å². The molecule has 0 saturated carbocycles. The van der Waals surface area contributed by atoms with Crippen LogP contribution in [0.2, 0.25) is 0 Å². The van der Waals surface area contributed by atoms with Crippen molar-refractivity contribution in [1.82, 2.24) is 0 Å². The van der Waals surface area contributed by atoms with Gasteiger partial charge in [-0.25, -0.2) is 0 Å². The van der Waals surface area contributed by atoms with Crippen LogP contribution in [-0.2, 0) is 10.2 Å². The molecule has 1 aromatic rings. The zero-order chi connectivity index (χ0) is 13.2. The number of ether oxygens (including phenoxy) is 1. The van der Waals surface area contributed by atoms with Gasteiger partial charge in [0.15, 0.2) is 0 Å². The molecule has 1 unspecified atom stereocenters. The molecule has 1 atom stereocenters. The minimum atomic E-state index is -0.306. The number of hydrogen-bond acceptors (Lipinski definition) is 2. The van der Waals surface area contributed by atoms with Crippen LogP contribution in [0.1, 0.15) is 43.6 Å². The van der Waals surface area contributed by atoms with E-state index in [1.165, 1.54) is 5.56 Å². The summed E-state index contributed by atoms with van der Waals surface area (Å²) in [5.41, 5.74) is 2.15. The molecule has 0 aliphatic heterocycles. The summed E-state index contributed by atoms with van der Waals surface area (Å²) in [4.78, 5) is 11.2. The highest BCUT2D eigenvalue weighted by Gasteiger charge is 2.21. The Hall–Kier alpha value is -0.830. The number of methoxy groups -OCH3 is 1. The van der Waals surface area contributed by atoms with Gasteiger partial charge in [-0.2, -0.15) is 0 Å². The minimum Gasteiger partial charge on any atom is -0.496 e. The summed E-state index contributed by atoms with van der Waals surface area (Å²) in [7, 11) is 1.62. The molecule has 0 amide bonds. The van der Waals surface area contributed by atoms with Gasteiger partial charge in [-0.3, -0.25) is 4.79 Å². The number of hydrogen-bond donors (Lipinski definition) is 0. The standard InChI is InChI=1S/C14H19BrO2/c1-9(16)13(15)11-8-10(14(2,3)4)6-7-12(11)17-5/h6-8,13H,1-5H3. The van der Waals surface area contributed by atoms with Crippen molar-refractivity contribution in [2.45, 2.75) is 37.9 Å². The molecule has 0 N–H and O–H groups in total. The van der Waals surface area contributed by atoms with E-state index in [9.17, 15) is 4.79 Å². The Morgan fingerprint density at radius 3 is 2.35 bits per heavy atom. The summed E-state index contributed by atoms with van der Waals surface area (Å²) in [6, 6.07) is 6.01. The molecule has 0 bridgehead atoms. The number of carbonyl (C=O) groups is 1. The van der Waals surface area contributed by atoms with E-state index in [4.69, 9.17) is 4.74 Å². The number of rotatable bonds is 3. The molecule has 1 aromatic carbocycles. The van der Waals surface area contributed by atoms with E-state index in [1.54, 1.807) is 14.0 Å². The number of alkyl halides is 1. The summed E-state index contributed by atoms with van der Waals surface area (Å²) in [5, 5.41) is 0. The van der Waals surface area contributed by atoms with E-state index in [0.717, 1.165) is 11.3 Å². The van der Waals surface area contributed by atoms with Crippen LogP contribution >= 0.6 is 15.9 Å². The monoisotopic (exact) mass is 298 g/mol. The van der Waals surface area contributed by atoms with Crippen molar-refractivity contribution in [2.24, 2.45) is 0 Å². The lowest BCUT2D eigenvalue weighted by Gasteiger charge is -2.22. The van der Waals surface area contributed by atoms with Gasteiger partial charge in [-0.15, -0.1) is 0 Å². The molecule has 0 fully saturated rings. The van der Waals surface area contributed by atoms with Crippen LogP contribution in [0.25, 0.3) is 0 Å². The first-order valence-electron chi connectivity index (χ1n) is 5.60. The topological polar surface area (TPSA) is 26.3 Å². The lowest BCUT2D eigenvalue weighted by Crippen LogP contribution is -2.13. The van der Waals surface area contributed by atoms with Crippen molar-refractivity contribution in [3.8, 4) is 5.75 Å². The second-order valence-electron chi connectivity index (χ2n) is 5.18. The Morgan fingerprint density at radius 2 is 1.94 bits per heavy atom. The number of benzene rings is 1. The van der Waals surface area contributed by atoms with Gasteiger partial charge in [0, 0.05) is 5.56 Å². The smallest absolute Gasteiger partial charge is 0.147 e. The normalized spacial score (nSPS) is 13.3. The molecule has 0 aliphatic carbocycles. The van der Waals surface area contributed by atoms with Crippen LogP contribution in [0.15, 0.2) is 18.2 Å². The van der Waals surface area contributed by atoms with Crippen molar-refractivity contribution in [1.29, 1.82) is 0 Å². The molecule has 1 rings (SSSR count). The minimum absolute atomic E-state index is 0.0601. The first kappa shape index (κ1) is 14.2. The van der Waals surface area contributed by atoms with Crippen LogP contribution in [0.3, 0.4) is 0 Å². The third-order valence-electron chi connectivity index (χ3n) is 2.73. The molecular weight excluding hydrogens is 280 g/mol. The Bertz CT molecular complexity index is 419. The first-order chi connectivity index (χ1) is 7.77. The van der Waals surface area contributed by atoms with Crippen molar-refractivity contribution in [3.63, 3.8) is 0 Å². The molecule has 0 saturated heterocycles. The Balaban J connectivity index is 3.29. The zero-order valence-corrected chi connectivity index (χ0v) is 12.6. The lowest BCUT2D eigenvalue weighted by atomic mass is 9.85. The summed E-state index contributed by atoms with van der Waals surface area (Å²) < 4.78 is 5.30. The Kier molecular flexibility index (Phi) is 4.36. The van der Waals surface area contributed by atoms with Crippen molar-refractivity contribution < 1.29 is 9.53 Å². The van der Waals surface area contributed by atoms with Gasteiger partial charge >= 0.3 is 0 Å². The van der Waals surface area contributed by atoms with E-state index in [1.807, 2.05) is 18.2 Å². The van der Waals surface area contributed by atoms with Gasteiger partial charge in [-0.05, 0) is 30.0 Å². The van der Waals surface area contributed by atoms with Crippen LogP contribution < -0.4 is 4.74 Å². The summed E-state index contributed by atoms with van der Waals surface area (Å²) in [6.45, 7) is 8.02. The van der Waals surface area contributed by atoms with E-state index >= 15 is 0 Å². The maximum absolute atomic E-state index is 11.5. The third kappa shape index (κ3) is 3.32. The molecule has 2 nitrogen and oxygen atoms in total. The Morgan fingerprint density at radius 1 is 1.35 bits per heavy atom. The number of Topliss-reactive ketones (excluding diaryl/α,β-unsaturated/α-hetero) is 1. The lowest BCUT2D eigenvalue weighted by molar-refractivity contribution is -0.116. The molecule has 0 spiro atoms. The zero-order valence-electron chi connectivity index (χ0n) is 11.0. The summed E-state index contributed by atoms with van der Waals surface area (Å²) >= 11 is 3.41. The molecule has 17 heavy (non-hydrogen) atoms. The fourth-order valence-corrected chi connectivity index (χ4v) is 1.98. The van der Waals surface area contributed by atoms with E-state index in [2.05, 4.69) is 36.7 Å². The average molecular weight is 299 g/mol. The number of carbonyl (C=O) groups excluding carboxylic acids is 1. The fourth-order valence-electron chi connectivity index (χ4n) is 1.62. The largest absolute Gasteiger partial charge is 0.496 e. The second kappa shape index (κ2) is 5.21. The highest BCUT2D eigenvalue weighted by molar-refractivity contribution is 9.09. The van der Waals surface area contributed by atoms with Crippen LogP contribution in [-0.4, -0.2) is 12.9 Å². The SMILES string of the molecule is COc1ccc(C(C)(C)C)cc1C(Br)C(C)=O. The Labute approximate surface area is 111 Å². The van der Waals surface area contributed by atoms with Gasteiger partial charge in [0.05, 0.1) is 7.11 Å². The van der Waals surface area contributed by atoms with Gasteiger partial charge in [0.2, 0.25) is 0 Å². The summed E-state index contributed by atoms with van der Waals surface area (Å²) in [6.07, 6.45) is 0. The van der Waals surface area contributed by atoms with E-state index < -0.39 is 0 Å². The predicted molar refractivity (Wildman–Crippen MR) is 74.0 cm³/mol. The molecule has 0 aromatic heterocycles. The second-order valence-corrected chi connectivity index (χ2v) is 6.10. The molecule has 94 valence electrons. The van der Waals surface area contributed by atoms with Crippen LogP contribution in [0.4, 0.5) is 0 Å². The van der Waals surface area contributed by atoms with Gasteiger partial charge in [0.1, 0.15) is 16.4 Å². The number of ketones is 1. The van der Waals surface area contributed by atoms with Gasteiger partial charge in [-0.1, -0.05) is 42.8 Å².